The van der Waals surface area contributed by atoms with Crippen molar-refractivity contribution in [2.75, 3.05) is 25.6 Å². The standard InChI is InChI=1S/C26H35ClN4O5S/c1-16-22(37-15-29-16)18-7-5-17(6-8-18)12-28-24(34)20-11-19(32)13-31(20)25(35)23(26(2,3)4)30-21(33)14-36-10-9-27/h5-8,15,19-20,23,32H,9-14H2,1-4H3,(H,28,34)(H,30,33)/t19-,20+,23-/m1/s1. The van der Waals surface area contributed by atoms with Crippen LogP contribution >= 0.6 is 22.9 Å². The number of β-amino-alcohol motifs (C(OH)–C–C–N with tert-alkyl or cyclic N) is 1. The molecule has 0 spiro atoms. The molecular weight excluding hydrogens is 516 g/mol. The van der Waals surface area contributed by atoms with Gasteiger partial charge in [0.25, 0.3) is 0 Å². The van der Waals surface area contributed by atoms with Crippen LogP contribution in [0.5, 0.6) is 0 Å². The van der Waals surface area contributed by atoms with Crippen molar-refractivity contribution < 1.29 is 24.2 Å². The summed E-state index contributed by atoms with van der Waals surface area (Å²) in [7, 11) is 0. The quantitative estimate of drug-likeness (QED) is 0.309. The highest BCUT2D eigenvalue weighted by Crippen LogP contribution is 2.28. The molecule has 0 bridgehead atoms. The molecule has 9 nitrogen and oxygen atoms in total. The van der Waals surface area contributed by atoms with Gasteiger partial charge in [-0.1, -0.05) is 45.0 Å². The summed E-state index contributed by atoms with van der Waals surface area (Å²) in [5.74, 6) is -0.959. The molecule has 2 heterocycles. The maximum Gasteiger partial charge on any atom is 0.246 e. The molecule has 3 N–H and O–H groups in total. The van der Waals surface area contributed by atoms with Gasteiger partial charge < -0.3 is 25.4 Å². The molecule has 3 rings (SSSR count). The van der Waals surface area contributed by atoms with Crippen LogP contribution in [0.4, 0.5) is 0 Å². The van der Waals surface area contributed by atoms with Gasteiger partial charge in [-0.05, 0) is 23.5 Å². The first-order chi connectivity index (χ1) is 17.5. The number of rotatable bonds is 10. The molecule has 202 valence electrons. The molecule has 37 heavy (non-hydrogen) atoms. The Morgan fingerprint density at radius 3 is 2.57 bits per heavy atom. The summed E-state index contributed by atoms with van der Waals surface area (Å²) in [5.41, 5.74) is 4.13. The lowest BCUT2D eigenvalue weighted by atomic mass is 9.85. The molecule has 11 heteroatoms. The maximum atomic E-state index is 13.5. The number of hydrogen-bond acceptors (Lipinski definition) is 7. The molecule has 2 aromatic rings. The number of aryl methyl sites for hydroxylation is 1. The van der Waals surface area contributed by atoms with E-state index in [2.05, 4.69) is 15.6 Å². The van der Waals surface area contributed by atoms with Crippen molar-refractivity contribution in [2.45, 2.75) is 58.8 Å². The van der Waals surface area contributed by atoms with Gasteiger partial charge in [-0.3, -0.25) is 14.4 Å². The van der Waals surface area contributed by atoms with Crippen LogP contribution in [0.3, 0.4) is 0 Å². The summed E-state index contributed by atoms with van der Waals surface area (Å²) in [6, 6.07) is 6.13. The largest absolute Gasteiger partial charge is 0.391 e. The number of halogens is 1. The Kier molecular flexibility index (Phi) is 10.1. The number of alkyl halides is 1. The van der Waals surface area contributed by atoms with E-state index in [1.807, 2.05) is 57.5 Å². The Hall–Kier alpha value is -2.53. The van der Waals surface area contributed by atoms with Gasteiger partial charge in [-0.2, -0.15) is 0 Å². The number of hydrogen-bond donors (Lipinski definition) is 3. The zero-order valence-electron chi connectivity index (χ0n) is 21.6. The minimum atomic E-state index is -0.900. The van der Waals surface area contributed by atoms with Gasteiger partial charge >= 0.3 is 0 Å². The minimum absolute atomic E-state index is 0.0189. The molecule has 0 unspecified atom stereocenters. The Morgan fingerprint density at radius 2 is 1.97 bits per heavy atom. The van der Waals surface area contributed by atoms with Crippen LogP contribution in [-0.4, -0.2) is 76.5 Å². The third kappa shape index (κ3) is 7.73. The second-order valence-electron chi connectivity index (χ2n) is 10.2. The van der Waals surface area contributed by atoms with Gasteiger partial charge in [-0.25, -0.2) is 4.98 Å². The average Bonchev–Trinajstić information content (AvgIpc) is 3.46. The second-order valence-corrected chi connectivity index (χ2v) is 11.4. The molecule has 1 aliphatic rings. The first-order valence-electron chi connectivity index (χ1n) is 12.2. The Balaban J connectivity index is 1.65. The van der Waals surface area contributed by atoms with Gasteiger partial charge in [-0.15, -0.1) is 22.9 Å². The van der Waals surface area contributed by atoms with Gasteiger partial charge in [0.05, 0.1) is 28.8 Å². The molecule has 0 aliphatic carbocycles. The normalized spacial score (nSPS) is 18.5. The van der Waals surface area contributed by atoms with Gasteiger partial charge in [0.15, 0.2) is 0 Å². The second kappa shape index (κ2) is 12.8. The number of carbonyl (C=O) groups excluding carboxylic acids is 3. The average molecular weight is 551 g/mol. The third-order valence-electron chi connectivity index (χ3n) is 6.17. The van der Waals surface area contributed by atoms with Crippen molar-refractivity contribution >= 4 is 40.7 Å². The van der Waals surface area contributed by atoms with Crippen LogP contribution in [0.15, 0.2) is 29.8 Å². The monoisotopic (exact) mass is 550 g/mol. The van der Waals surface area contributed by atoms with Crippen molar-refractivity contribution in [1.29, 1.82) is 0 Å². The fraction of sp³-hybridized carbons (Fsp3) is 0.538. The van der Waals surface area contributed by atoms with Crippen molar-refractivity contribution in [3.8, 4) is 10.4 Å². The predicted octanol–water partition coefficient (Wildman–Crippen LogP) is 2.48. The summed E-state index contributed by atoms with van der Waals surface area (Å²) in [6.07, 6.45) is -0.699. The van der Waals surface area contributed by atoms with Crippen molar-refractivity contribution in [3.63, 3.8) is 0 Å². The number of amides is 3. The third-order valence-corrected chi connectivity index (χ3v) is 7.30. The van der Waals surface area contributed by atoms with Crippen LogP contribution in [0.25, 0.3) is 10.4 Å². The van der Waals surface area contributed by atoms with E-state index in [1.54, 1.807) is 11.3 Å². The highest BCUT2D eigenvalue weighted by Gasteiger charge is 2.44. The summed E-state index contributed by atoms with van der Waals surface area (Å²) in [4.78, 5) is 45.8. The van der Waals surface area contributed by atoms with E-state index in [-0.39, 0.29) is 44.5 Å². The van der Waals surface area contributed by atoms with E-state index >= 15 is 0 Å². The van der Waals surface area contributed by atoms with Crippen molar-refractivity contribution in [3.05, 3.63) is 41.0 Å². The van der Waals surface area contributed by atoms with Crippen molar-refractivity contribution in [2.24, 2.45) is 5.41 Å². The number of thiazole rings is 1. The van der Waals surface area contributed by atoms with Crippen LogP contribution in [-0.2, 0) is 25.7 Å². The predicted molar refractivity (Wildman–Crippen MR) is 143 cm³/mol. The number of ether oxygens (including phenoxy) is 1. The fourth-order valence-corrected chi connectivity index (χ4v) is 5.12. The Labute approximate surface area is 226 Å². The number of aromatic nitrogens is 1. The molecule has 0 saturated carbocycles. The van der Waals surface area contributed by atoms with E-state index in [0.717, 1.165) is 21.7 Å². The SMILES string of the molecule is Cc1ncsc1-c1ccc(CNC(=O)[C@@H]2C[C@@H](O)CN2C(=O)[C@@H](NC(=O)COCCCl)C(C)(C)C)cc1. The molecule has 1 saturated heterocycles. The van der Waals surface area contributed by atoms with Gasteiger partial charge in [0, 0.05) is 25.4 Å². The van der Waals surface area contributed by atoms with Gasteiger partial charge in [0.2, 0.25) is 17.7 Å². The number of benzene rings is 1. The first kappa shape index (κ1) is 29.0. The summed E-state index contributed by atoms with van der Waals surface area (Å²) < 4.78 is 5.17. The number of aliphatic hydroxyl groups is 1. The lowest BCUT2D eigenvalue weighted by Gasteiger charge is -2.35. The zero-order chi connectivity index (χ0) is 27.2. The van der Waals surface area contributed by atoms with Gasteiger partial charge in [0.1, 0.15) is 18.7 Å². The molecule has 1 fully saturated rings. The number of nitrogens with one attached hydrogen (secondary N) is 2. The molecule has 3 atom stereocenters. The van der Waals surface area contributed by atoms with Crippen molar-refractivity contribution in [1.82, 2.24) is 20.5 Å². The summed E-state index contributed by atoms with van der Waals surface area (Å²) in [5, 5.41) is 15.9. The zero-order valence-corrected chi connectivity index (χ0v) is 23.2. The Bertz CT molecular complexity index is 1090. The minimum Gasteiger partial charge on any atom is -0.391 e. The van der Waals surface area contributed by atoms with Crippen LogP contribution in [0.1, 0.15) is 38.4 Å². The number of likely N-dealkylation sites (tertiary alicyclic amines) is 1. The smallest absolute Gasteiger partial charge is 0.246 e. The maximum absolute atomic E-state index is 13.5. The lowest BCUT2D eigenvalue weighted by molar-refractivity contribution is -0.144. The highest BCUT2D eigenvalue weighted by molar-refractivity contribution is 7.13. The van der Waals surface area contributed by atoms with E-state index in [4.69, 9.17) is 16.3 Å². The topological polar surface area (TPSA) is 121 Å². The van der Waals surface area contributed by atoms with Crippen LogP contribution < -0.4 is 10.6 Å². The molecule has 1 aromatic carbocycles. The van der Waals surface area contributed by atoms with Crippen LogP contribution in [0.2, 0.25) is 0 Å². The fourth-order valence-electron chi connectivity index (χ4n) is 4.20. The summed E-state index contributed by atoms with van der Waals surface area (Å²) in [6.45, 7) is 7.75. The molecular formula is C26H35ClN4O5S. The Morgan fingerprint density at radius 1 is 1.27 bits per heavy atom. The first-order valence-corrected chi connectivity index (χ1v) is 13.6. The van der Waals surface area contributed by atoms with E-state index in [1.165, 1.54) is 4.90 Å². The van der Waals surface area contributed by atoms with E-state index in [0.29, 0.717) is 0 Å². The number of aliphatic hydroxyl groups excluding tert-OH is 1. The molecule has 3 amide bonds. The molecule has 1 aromatic heterocycles. The highest BCUT2D eigenvalue weighted by atomic mass is 35.5. The molecule has 0 radical (unpaired) electrons. The summed E-state index contributed by atoms with van der Waals surface area (Å²) >= 11 is 7.15. The van der Waals surface area contributed by atoms with Crippen LogP contribution in [0, 0.1) is 12.3 Å². The van der Waals surface area contributed by atoms with E-state index in [9.17, 15) is 19.5 Å². The van der Waals surface area contributed by atoms with E-state index < -0.39 is 35.4 Å². The number of nitrogens with zero attached hydrogens (tertiary/aromatic N) is 2. The lowest BCUT2D eigenvalue weighted by Crippen LogP contribution is -2.58. The number of carbonyl (C=O) groups is 3. The molecule has 1 aliphatic heterocycles.